The Labute approximate surface area is 119 Å². The van der Waals surface area contributed by atoms with Gasteiger partial charge in [0.25, 0.3) is 0 Å². The molecule has 0 saturated carbocycles. The van der Waals surface area contributed by atoms with E-state index in [1.165, 1.54) is 12.7 Å². The predicted molar refractivity (Wildman–Crippen MR) is 75.3 cm³/mol. The van der Waals surface area contributed by atoms with E-state index in [4.69, 9.17) is 4.74 Å². The lowest BCUT2D eigenvalue weighted by Gasteiger charge is -2.42. The van der Waals surface area contributed by atoms with Crippen molar-refractivity contribution < 1.29 is 14.6 Å². The van der Waals surface area contributed by atoms with Crippen molar-refractivity contribution in [2.45, 2.75) is 36.9 Å². The summed E-state index contributed by atoms with van der Waals surface area (Å²) in [6.07, 6.45) is 1.20. The van der Waals surface area contributed by atoms with Crippen molar-refractivity contribution in [3.8, 4) is 0 Å². The first-order valence-corrected chi connectivity index (χ1v) is 7.16. The molecule has 20 heavy (non-hydrogen) atoms. The van der Waals surface area contributed by atoms with Gasteiger partial charge in [-0.15, -0.1) is 0 Å². The van der Waals surface area contributed by atoms with Gasteiger partial charge in [-0.3, -0.25) is 9.69 Å². The molecular formula is C16H21NO3. The average molecular weight is 275 g/mol. The Kier molecular flexibility index (Phi) is 3.52. The van der Waals surface area contributed by atoms with Crippen molar-refractivity contribution in [1.29, 1.82) is 0 Å². The molecule has 0 aliphatic carbocycles. The molecule has 5 atom stereocenters. The van der Waals surface area contributed by atoms with Gasteiger partial charge in [0.1, 0.15) is 0 Å². The molecule has 2 fully saturated rings. The van der Waals surface area contributed by atoms with Gasteiger partial charge in [-0.25, -0.2) is 0 Å². The second-order valence-corrected chi connectivity index (χ2v) is 5.91. The standard InChI is InChI=1S/C16H21NO3/c1-17-11-8-12(10-6-4-3-5-7-10)14(16(19)20-2)15(17)13(18)9-11/h3-7,11-15,18H,8-9H2,1-2H3/t11-,12-,13+,14-,15+/m0/s1. The number of carbonyl (C=O) groups excluding carboxylic acids is 1. The minimum Gasteiger partial charge on any atom is -0.469 e. The number of piperidine rings is 1. The zero-order valence-corrected chi connectivity index (χ0v) is 11.9. The molecule has 3 rings (SSSR count). The molecule has 2 bridgehead atoms. The number of nitrogens with zero attached hydrogens (tertiary/aromatic N) is 1. The van der Waals surface area contributed by atoms with Crippen LogP contribution >= 0.6 is 0 Å². The zero-order chi connectivity index (χ0) is 14.3. The second kappa shape index (κ2) is 5.19. The summed E-state index contributed by atoms with van der Waals surface area (Å²) in [7, 11) is 3.43. The van der Waals surface area contributed by atoms with Crippen LogP contribution in [-0.2, 0) is 9.53 Å². The van der Waals surface area contributed by atoms with Crippen LogP contribution in [0.1, 0.15) is 24.3 Å². The third-order valence-electron chi connectivity index (χ3n) is 4.98. The number of benzene rings is 1. The highest BCUT2D eigenvalue weighted by Gasteiger charge is 2.53. The highest BCUT2D eigenvalue weighted by Crippen LogP contribution is 2.46. The third kappa shape index (κ3) is 2.03. The van der Waals surface area contributed by atoms with Gasteiger partial charge in [0.15, 0.2) is 0 Å². The van der Waals surface area contributed by atoms with E-state index in [2.05, 4.69) is 17.0 Å². The van der Waals surface area contributed by atoms with Crippen molar-refractivity contribution in [1.82, 2.24) is 4.90 Å². The van der Waals surface area contributed by atoms with Crippen molar-refractivity contribution in [2.75, 3.05) is 14.2 Å². The SMILES string of the molecule is COC(=O)[C@@H]1[C@H]2[C@H](O)C[C@H](C[C@H]1c1ccccc1)N2C. The lowest BCUT2D eigenvalue weighted by Crippen LogP contribution is -2.51. The fourth-order valence-electron chi connectivity index (χ4n) is 4.02. The summed E-state index contributed by atoms with van der Waals surface area (Å²) in [5.74, 6) is -0.372. The van der Waals surface area contributed by atoms with E-state index < -0.39 is 6.10 Å². The highest BCUT2D eigenvalue weighted by atomic mass is 16.5. The van der Waals surface area contributed by atoms with Gasteiger partial charge >= 0.3 is 5.97 Å². The number of rotatable bonds is 2. The lowest BCUT2D eigenvalue weighted by atomic mass is 9.76. The summed E-state index contributed by atoms with van der Waals surface area (Å²) in [6.45, 7) is 0. The van der Waals surface area contributed by atoms with Gasteiger partial charge in [-0.2, -0.15) is 0 Å². The van der Waals surface area contributed by atoms with E-state index in [0.717, 1.165) is 12.8 Å². The number of esters is 1. The quantitative estimate of drug-likeness (QED) is 0.829. The topological polar surface area (TPSA) is 49.8 Å². The van der Waals surface area contributed by atoms with Crippen LogP contribution in [0.4, 0.5) is 0 Å². The van der Waals surface area contributed by atoms with E-state index in [9.17, 15) is 9.90 Å². The Balaban J connectivity index is 1.99. The second-order valence-electron chi connectivity index (χ2n) is 5.91. The van der Waals surface area contributed by atoms with Gasteiger partial charge in [-0.1, -0.05) is 30.3 Å². The van der Waals surface area contributed by atoms with Gasteiger partial charge in [0.05, 0.1) is 19.1 Å². The molecule has 4 heteroatoms. The Morgan fingerprint density at radius 1 is 1.30 bits per heavy atom. The van der Waals surface area contributed by atoms with Crippen molar-refractivity contribution in [3.05, 3.63) is 35.9 Å². The van der Waals surface area contributed by atoms with Crippen LogP contribution in [0.25, 0.3) is 0 Å². The molecular weight excluding hydrogens is 254 g/mol. The normalized spacial score (nSPS) is 36.9. The largest absolute Gasteiger partial charge is 0.469 e. The maximum absolute atomic E-state index is 12.3. The molecule has 2 saturated heterocycles. The number of likely N-dealkylation sites (N-methyl/N-ethyl adjacent to an activating group) is 1. The summed E-state index contributed by atoms with van der Waals surface area (Å²) in [4.78, 5) is 14.4. The first-order valence-electron chi connectivity index (χ1n) is 7.16. The predicted octanol–water partition coefficient (Wildman–Crippen LogP) is 1.40. The third-order valence-corrected chi connectivity index (χ3v) is 4.98. The van der Waals surface area contributed by atoms with Crippen LogP contribution < -0.4 is 0 Å². The summed E-state index contributed by atoms with van der Waals surface area (Å²) in [5.41, 5.74) is 1.17. The minimum atomic E-state index is -0.442. The monoisotopic (exact) mass is 275 g/mol. The van der Waals surface area contributed by atoms with E-state index in [0.29, 0.717) is 6.04 Å². The Hall–Kier alpha value is -1.39. The average Bonchev–Trinajstić information content (AvgIpc) is 2.66. The first-order chi connectivity index (χ1) is 9.63. The van der Waals surface area contributed by atoms with Crippen LogP contribution in [0.15, 0.2) is 30.3 Å². The molecule has 1 N–H and O–H groups in total. The van der Waals surface area contributed by atoms with E-state index in [1.807, 2.05) is 25.2 Å². The minimum absolute atomic E-state index is 0.131. The molecule has 0 aromatic heterocycles. The molecule has 2 aliphatic heterocycles. The molecule has 0 amide bonds. The maximum atomic E-state index is 12.3. The van der Waals surface area contributed by atoms with Crippen LogP contribution in [-0.4, -0.2) is 48.3 Å². The van der Waals surface area contributed by atoms with Crippen LogP contribution in [0.5, 0.6) is 0 Å². The number of carbonyl (C=O) groups is 1. The molecule has 1 aromatic rings. The number of hydrogen-bond donors (Lipinski definition) is 1. The highest BCUT2D eigenvalue weighted by molar-refractivity contribution is 5.75. The molecule has 0 radical (unpaired) electrons. The van der Waals surface area contributed by atoms with Crippen molar-refractivity contribution >= 4 is 5.97 Å². The summed E-state index contributed by atoms with van der Waals surface area (Å²) >= 11 is 0. The fraction of sp³-hybridized carbons (Fsp3) is 0.562. The molecule has 0 unspecified atom stereocenters. The van der Waals surface area contributed by atoms with Gasteiger partial charge in [0.2, 0.25) is 0 Å². The Bertz CT molecular complexity index is 490. The smallest absolute Gasteiger partial charge is 0.310 e. The van der Waals surface area contributed by atoms with Crippen molar-refractivity contribution in [3.63, 3.8) is 0 Å². The first kappa shape index (κ1) is 13.6. The summed E-state index contributed by atoms with van der Waals surface area (Å²) < 4.78 is 5.01. The maximum Gasteiger partial charge on any atom is 0.310 e. The number of aliphatic hydroxyl groups excluding tert-OH is 1. The number of aliphatic hydroxyl groups is 1. The summed E-state index contributed by atoms with van der Waals surface area (Å²) in [5, 5.41) is 10.3. The molecule has 1 aromatic carbocycles. The molecule has 2 heterocycles. The number of methoxy groups -OCH3 is 1. The molecule has 0 spiro atoms. The van der Waals surface area contributed by atoms with Crippen molar-refractivity contribution in [2.24, 2.45) is 5.92 Å². The van der Waals surface area contributed by atoms with Gasteiger partial charge < -0.3 is 9.84 Å². The Morgan fingerprint density at radius 2 is 2.00 bits per heavy atom. The molecule has 108 valence electrons. The molecule has 2 aliphatic rings. The van der Waals surface area contributed by atoms with Gasteiger partial charge in [-0.05, 0) is 25.5 Å². The molecule has 4 nitrogen and oxygen atoms in total. The number of fused-ring (bicyclic) bond motifs is 2. The van der Waals surface area contributed by atoms with E-state index >= 15 is 0 Å². The lowest BCUT2D eigenvalue weighted by molar-refractivity contribution is -0.151. The van der Waals surface area contributed by atoms with E-state index in [-0.39, 0.29) is 23.8 Å². The van der Waals surface area contributed by atoms with Gasteiger partial charge in [0, 0.05) is 18.0 Å². The van der Waals surface area contributed by atoms with Crippen LogP contribution in [0, 0.1) is 5.92 Å². The van der Waals surface area contributed by atoms with E-state index in [1.54, 1.807) is 0 Å². The summed E-state index contributed by atoms with van der Waals surface area (Å²) in [6, 6.07) is 10.3. The van der Waals surface area contributed by atoms with Crippen LogP contribution in [0.2, 0.25) is 0 Å². The number of ether oxygens (including phenoxy) is 1. The fourth-order valence-corrected chi connectivity index (χ4v) is 4.02. The Morgan fingerprint density at radius 3 is 2.65 bits per heavy atom. The zero-order valence-electron chi connectivity index (χ0n) is 11.9. The number of hydrogen-bond acceptors (Lipinski definition) is 4. The van der Waals surface area contributed by atoms with Crippen LogP contribution in [0.3, 0.4) is 0 Å².